The van der Waals surface area contributed by atoms with Crippen molar-refractivity contribution in [3.8, 4) is 0 Å². The van der Waals surface area contributed by atoms with Crippen LogP contribution in [-0.4, -0.2) is 28.9 Å². The Bertz CT molecular complexity index is 422. The first-order valence-corrected chi connectivity index (χ1v) is 6.78. The number of rotatable bonds is 2. The fourth-order valence-corrected chi connectivity index (χ4v) is 2.64. The van der Waals surface area contributed by atoms with Crippen LogP contribution in [0.25, 0.3) is 0 Å². The molecule has 2 rings (SSSR count). The third-order valence-corrected chi connectivity index (χ3v) is 3.96. The molecule has 1 heterocycles. The van der Waals surface area contributed by atoms with Crippen molar-refractivity contribution < 1.29 is 4.79 Å². The summed E-state index contributed by atoms with van der Waals surface area (Å²) < 4.78 is 0. The molecule has 0 bridgehead atoms. The molecule has 0 unspecified atom stereocenters. The summed E-state index contributed by atoms with van der Waals surface area (Å²) in [6.45, 7) is 4.21. The zero-order valence-corrected chi connectivity index (χ0v) is 11.5. The smallest absolute Gasteiger partial charge is 0.272 e. The van der Waals surface area contributed by atoms with E-state index in [2.05, 4.69) is 11.9 Å². The summed E-state index contributed by atoms with van der Waals surface area (Å²) in [4.78, 5) is 18.5. The van der Waals surface area contributed by atoms with Crippen molar-refractivity contribution in [3.63, 3.8) is 0 Å². The summed E-state index contributed by atoms with van der Waals surface area (Å²) in [7, 11) is 1.91. The number of aryl methyl sites for hydroxylation is 1. The largest absolute Gasteiger partial charge is 0.337 e. The summed E-state index contributed by atoms with van der Waals surface area (Å²) in [6.07, 6.45) is 4.69. The molecular weight excluding hydrogens is 224 g/mol. The predicted octanol–water partition coefficient (Wildman–Crippen LogP) is 3.04. The molecule has 0 N–H and O–H groups in total. The molecule has 98 valence electrons. The molecule has 3 heteroatoms. The van der Waals surface area contributed by atoms with Crippen molar-refractivity contribution in [1.82, 2.24) is 9.88 Å². The third-order valence-electron chi connectivity index (χ3n) is 3.96. The van der Waals surface area contributed by atoms with Gasteiger partial charge in [-0.1, -0.05) is 13.0 Å². The van der Waals surface area contributed by atoms with Gasteiger partial charge >= 0.3 is 0 Å². The van der Waals surface area contributed by atoms with Gasteiger partial charge in [0.25, 0.3) is 5.91 Å². The van der Waals surface area contributed by atoms with Crippen LogP contribution >= 0.6 is 0 Å². The Morgan fingerprint density at radius 2 is 1.94 bits per heavy atom. The van der Waals surface area contributed by atoms with Gasteiger partial charge in [-0.3, -0.25) is 4.79 Å². The van der Waals surface area contributed by atoms with Crippen LogP contribution in [0.15, 0.2) is 18.2 Å². The molecule has 0 saturated heterocycles. The van der Waals surface area contributed by atoms with Crippen molar-refractivity contribution >= 4 is 5.91 Å². The highest BCUT2D eigenvalue weighted by Crippen LogP contribution is 2.27. The van der Waals surface area contributed by atoms with E-state index < -0.39 is 0 Å². The molecule has 18 heavy (non-hydrogen) atoms. The first kappa shape index (κ1) is 13.1. The third kappa shape index (κ3) is 2.89. The van der Waals surface area contributed by atoms with Crippen LogP contribution in [-0.2, 0) is 0 Å². The molecule has 1 aliphatic rings. The Balaban J connectivity index is 2.04. The van der Waals surface area contributed by atoms with Gasteiger partial charge in [-0.2, -0.15) is 0 Å². The molecule has 0 aliphatic heterocycles. The molecule has 1 saturated carbocycles. The molecule has 0 atom stereocenters. The highest BCUT2D eigenvalue weighted by Gasteiger charge is 2.25. The normalized spacial score (nSPS) is 23.7. The Morgan fingerprint density at radius 1 is 1.28 bits per heavy atom. The van der Waals surface area contributed by atoms with Crippen LogP contribution in [0.2, 0.25) is 0 Å². The Labute approximate surface area is 109 Å². The van der Waals surface area contributed by atoms with Crippen molar-refractivity contribution in [2.75, 3.05) is 7.05 Å². The van der Waals surface area contributed by atoms with Gasteiger partial charge < -0.3 is 4.90 Å². The lowest BCUT2D eigenvalue weighted by atomic mass is 9.86. The lowest BCUT2D eigenvalue weighted by Crippen LogP contribution is -2.39. The fourth-order valence-electron chi connectivity index (χ4n) is 2.64. The van der Waals surface area contributed by atoms with Gasteiger partial charge in [-0.25, -0.2) is 4.98 Å². The standard InChI is InChI=1S/C15H22N2O/c1-11-7-9-13(10-8-11)17(3)15(18)14-6-4-5-12(2)16-14/h4-6,11,13H,7-10H2,1-3H3. The Hall–Kier alpha value is -1.38. The quantitative estimate of drug-likeness (QED) is 0.803. The Kier molecular flexibility index (Phi) is 4.00. The minimum atomic E-state index is 0.0539. The first-order valence-electron chi connectivity index (χ1n) is 6.78. The van der Waals surface area contributed by atoms with Gasteiger partial charge in [0.1, 0.15) is 5.69 Å². The molecule has 0 spiro atoms. The van der Waals surface area contributed by atoms with Gasteiger partial charge in [-0.05, 0) is 50.7 Å². The fraction of sp³-hybridized carbons (Fsp3) is 0.600. The number of carbonyl (C=O) groups excluding carboxylic acids is 1. The molecule has 1 amide bonds. The number of aromatic nitrogens is 1. The van der Waals surface area contributed by atoms with E-state index >= 15 is 0 Å². The van der Waals surface area contributed by atoms with E-state index in [0.717, 1.165) is 24.5 Å². The summed E-state index contributed by atoms with van der Waals surface area (Å²) in [6, 6.07) is 6.00. The molecule has 1 aromatic heterocycles. The molecule has 0 radical (unpaired) electrons. The Morgan fingerprint density at radius 3 is 2.56 bits per heavy atom. The van der Waals surface area contributed by atoms with E-state index in [9.17, 15) is 4.79 Å². The van der Waals surface area contributed by atoms with E-state index in [1.54, 1.807) is 6.07 Å². The number of pyridine rings is 1. The average molecular weight is 246 g/mol. The first-order chi connectivity index (χ1) is 8.58. The van der Waals surface area contributed by atoms with Gasteiger partial charge in [0.15, 0.2) is 0 Å². The summed E-state index contributed by atoms with van der Waals surface area (Å²) in [5.74, 6) is 0.861. The molecule has 3 nitrogen and oxygen atoms in total. The van der Waals surface area contributed by atoms with Crippen LogP contribution in [0.1, 0.15) is 48.8 Å². The van der Waals surface area contributed by atoms with Crippen LogP contribution in [0, 0.1) is 12.8 Å². The molecule has 1 aromatic rings. The summed E-state index contributed by atoms with van der Waals surface area (Å²) >= 11 is 0. The second kappa shape index (κ2) is 5.51. The maximum absolute atomic E-state index is 12.3. The van der Waals surface area contributed by atoms with Crippen LogP contribution in [0.3, 0.4) is 0 Å². The average Bonchev–Trinajstić information content (AvgIpc) is 2.38. The lowest BCUT2D eigenvalue weighted by molar-refractivity contribution is 0.0673. The summed E-state index contributed by atoms with van der Waals surface area (Å²) in [5, 5.41) is 0. The molecule has 1 aliphatic carbocycles. The highest BCUT2D eigenvalue weighted by molar-refractivity contribution is 5.92. The van der Waals surface area contributed by atoms with Gasteiger partial charge in [0, 0.05) is 18.8 Å². The number of hydrogen-bond donors (Lipinski definition) is 0. The van der Waals surface area contributed by atoms with Crippen LogP contribution in [0.4, 0.5) is 0 Å². The van der Waals surface area contributed by atoms with Crippen LogP contribution in [0.5, 0.6) is 0 Å². The van der Waals surface area contributed by atoms with E-state index in [-0.39, 0.29) is 5.91 Å². The SMILES string of the molecule is Cc1cccc(C(=O)N(C)C2CCC(C)CC2)n1. The molecule has 0 aromatic carbocycles. The minimum absolute atomic E-state index is 0.0539. The van der Waals surface area contributed by atoms with Crippen LogP contribution < -0.4 is 0 Å². The maximum Gasteiger partial charge on any atom is 0.272 e. The summed E-state index contributed by atoms with van der Waals surface area (Å²) in [5.41, 5.74) is 1.46. The zero-order chi connectivity index (χ0) is 13.1. The number of amides is 1. The second-order valence-corrected chi connectivity index (χ2v) is 5.49. The van der Waals surface area contributed by atoms with Crippen molar-refractivity contribution in [2.24, 2.45) is 5.92 Å². The lowest BCUT2D eigenvalue weighted by Gasteiger charge is -2.33. The van der Waals surface area contributed by atoms with E-state index in [0.29, 0.717) is 11.7 Å². The minimum Gasteiger partial charge on any atom is -0.337 e. The van der Waals surface area contributed by atoms with E-state index in [1.807, 2.05) is 31.0 Å². The van der Waals surface area contributed by atoms with Gasteiger partial charge in [0.05, 0.1) is 0 Å². The number of nitrogens with zero attached hydrogens (tertiary/aromatic N) is 2. The van der Waals surface area contributed by atoms with E-state index in [4.69, 9.17) is 0 Å². The molecule has 1 fully saturated rings. The van der Waals surface area contributed by atoms with Gasteiger partial charge in [0.2, 0.25) is 0 Å². The van der Waals surface area contributed by atoms with Crippen molar-refractivity contribution in [2.45, 2.75) is 45.6 Å². The predicted molar refractivity (Wildman–Crippen MR) is 72.5 cm³/mol. The monoisotopic (exact) mass is 246 g/mol. The topological polar surface area (TPSA) is 33.2 Å². The highest BCUT2D eigenvalue weighted by atomic mass is 16.2. The zero-order valence-electron chi connectivity index (χ0n) is 11.5. The van der Waals surface area contributed by atoms with Gasteiger partial charge in [-0.15, -0.1) is 0 Å². The second-order valence-electron chi connectivity index (χ2n) is 5.49. The number of carbonyl (C=O) groups is 1. The maximum atomic E-state index is 12.3. The number of hydrogen-bond acceptors (Lipinski definition) is 2. The van der Waals surface area contributed by atoms with E-state index in [1.165, 1.54) is 12.8 Å². The molecular formula is C15H22N2O. The van der Waals surface area contributed by atoms with Crippen molar-refractivity contribution in [1.29, 1.82) is 0 Å². The van der Waals surface area contributed by atoms with Crippen molar-refractivity contribution in [3.05, 3.63) is 29.6 Å².